The van der Waals surface area contributed by atoms with Gasteiger partial charge >= 0.3 is 12.0 Å². The molecule has 1 atom stereocenters. The Morgan fingerprint density at radius 1 is 1.03 bits per heavy atom. The van der Waals surface area contributed by atoms with Crippen molar-refractivity contribution < 1.29 is 19.0 Å². The number of rotatable bonds is 12. The van der Waals surface area contributed by atoms with Gasteiger partial charge in [0.25, 0.3) is 0 Å². The summed E-state index contributed by atoms with van der Waals surface area (Å²) in [6, 6.07) is 9.88. The maximum absolute atomic E-state index is 12.4. The lowest BCUT2D eigenvalue weighted by Gasteiger charge is -2.11. The van der Waals surface area contributed by atoms with Crippen LogP contribution in [0.3, 0.4) is 0 Å². The van der Waals surface area contributed by atoms with E-state index in [9.17, 15) is 4.79 Å². The van der Waals surface area contributed by atoms with Gasteiger partial charge < -0.3 is 14.2 Å². The Hall–Kier alpha value is -2.47. The molecular weight excluding hydrogens is 428 g/mol. The molecule has 0 amide bonds. The summed E-state index contributed by atoms with van der Waals surface area (Å²) in [5.74, 6) is 0.384. The summed E-state index contributed by atoms with van der Waals surface area (Å²) >= 11 is 0. The molecule has 1 unspecified atom stereocenters. The van der Waals surface area contributed by atoms with Crippen LogP contribution in [0.15, 0.2) is 36.5 Å². The number of nitrogens with zero attached hydrogens (tertiary/aromatic N) is 2. The molecule has 1 fully saturated rings. The molecule has 1 saturated heterocycles. The van der Waals surface area contributed by atoms with E-state index in [1.165, 1.54) is 44.7 Å². The zero-order chi connectivity index (χ0) is 24.4. The fourth-order valence-electron chi connectivity index (χ4n) is 3.50. The fourth-order valence-corrected chi connectivity index (χ4v) is 3.50. The van der Waals surface area contributed by atoms with E-state index in [1.54, 1.807) is 0 Å². The van der Waals surface area contributed by atoms with Gasteiger partial charge in [0.15, 0.2) is 0 Å². The number of esters is 1. The van der Waals surface area contributed by atoms with Crippen LogP contribution in [0, 0.1) is 5.92 Å². The molecule has 0 saturated carbocycles. The van der Waals surface area contributed by atoms with Crippen molar-refractivity contribution >= 4 is 5.97 Å². The topological polar surface area (TPSA) is 70.5 Å². The Bertz CT molecular complexity index is 798. The molecule has 34 heavy (non-hydrogen) atoms. The van der Waals surface area contributed by atoms with E-state index in [1.807, 2.05) is 37.3 Å². The Morgan fingerprint density at radius 3 is 2.41 bits per heavy atom. The second kappa shape index (κ2) is 17.0. The highest BCUT2D eigenvalue weighted by atomic mass is 16.5. The lowest BCUT2D eigenvalue weighted by molar-refractivity contribution is 0.0505. The van der Waals surface area contributed by atoms with Gasteiger partial charge in [-0.3, -0.25) is 0 Å². The summed E-state index contributed by atoms with van der Waals surface area (Å²) in [6.45, 7) is 9.44. The summed E-state index contributed by atoms with van der Waals surface area (Å²) in [7, 11) is 0. The number of carbonyl (C=O) groups excluding carboxylic acids is 1. The third-order valence-corrected chi connectivity index (χ3v) is 5.82. The van der Waals surface area contributed by atoms with E-state index in [2.05, 4.69) is 23.8 Å². The third-order valence-electron chi connectivity index (χ3n) is 5.82. The van der Waals surface area contributed by atoms with Crippen LogP contribution in [0.25, 0.3) is 11.3 Å². The van der Waals surface area contributed by atoms with Crippen LogP contribution in [-0.4, -0.2) is 42.4 Å². The standard InChI is InChI=1S/C23H32N2O3.C5H10O/c1-4-15-27-22(26)20-17-24-23(25-21(20)19-13-9-6-10-14-19)28-16-11-7-8-12-18(3)5-2;1-2-4-6-5-3-1/h6,9-10,13-14,17-18H,4-5,7-8,11-12,15-16H2,1-3H3;1-5H2. The number of hydrogen-bond donors (Lipinski definition) is 0. The van der Waals surface area contributed by atoms with Gasteiger partial charge in [0.05, 0.1) is 18.9 Å². The first-order valence-corrected chi connectivity index (χ1v) is 13.0. The second-order valence-corrected chi connectivity index (χ2v) is 8.80. The maximum Gasteiger partial charge on any atom is 0.341 e. The smallest absolute Gasteiger partial charge is 0.341 e. The minimum absolute atomic E-state index is 0.299. The zero-order valence-corrected chi connectivity index (χ0v) is 21.3. The molecule has 0 radical (unpaired) electrons. The molecule has 1 aromatic heterocycles. The predicted molar refractivity (Wildman–Crippen MR) is 136 cm³/mol. The minimum atomic E-state index is -0.405. The van der Waals surface area contributed by atoms with Crippen molar-refractivity contribution in [2.24, 2.45) is 5.92 Å². The van der Waals surface area contributed by atoms with Crippen LogP contribution in [0.1, 0.15) is 88.9 Å². The molecule has 1 aromatic carbocycles. The van der Waals surface area contributed by atoms with Crippen molar-refractivity contribution in [2.75, 3.05) is 26.4 Å². The monoisotopic (exact) mass is 470 g/mol. The fraction of sp³-hybridized carbons (Fsp3) is 0.607. The Labute approximate surface area is 205 Å². The third kappa shape index (κ3) is 10.6. The highest BCUT2D eigenvalue weighted by molar-refractivity contribution is 5.95. The van der Waals surface area contributed by atoms with Gasteiger partial charge in [-0.25, -0.2) is 9.78 Å². The molecular formula is C28H42N2O4. The summed E-state index contributed by atoms with van der Waals surface area (Å²) in [5.41, 5.74) is 1.75. The molecule has 1 aliphatic heterocycles. The number of carbonyl (C=O) groups is 1. The average molecular weight is 471 g/mol. The van der Waals surface area contributed by atoms with Crippen molar-refractivity contribution in [2.45, 2.75) is 78.6 Å². The Kier molecular flexibility index (Phi) is 13.9. The molecule has 6 nitrogen and oxygen atoms in total. The normalized spacial score (nSPS) is 14.0. The van der Waals surface area contributed by atoms with Crippen LogP contribution >= 0.6 is 0 Å². The van der Waals surface area contributed by atoms with Crippen LogP contribution in [0.4, 0.5) is 0 Å². The summed E-state index contributed by atoms with van der Waals surface area (Å²) in [4.78, 5) is 21.1. The lowest BCUT2D eigenvalue weighted by Crippen LogP contribution is -2.11. The SMILES string of the molecule is C1CCOCC1.CCCOC(=O)c1cnc(OCCCCCC(C)CC)nc1-c1ccccc1. The highest BCUT2D eigenvalue weighted by Crippen LogP contribution is 2.24. The minimum Gasteiger partial charge on any atom is -0.463 e. The molecule has 188 valence electrons. The van der Waals surface area contributed by atoms with Gasteiger partial charge in [-0.1, -0.05) is 76.8 Å². The van der Waals surface area contributed by atoms with Crippen LogP contribution in [0.2, 0.25) is 0 Å². The van der Waals surface area contributed by atoms with Crippen molar-refractivity contribution in [1.29, 1.82) is 0 Å². The summed E-state index contributed by atoms with van der Waals surface area (Å²) in [5, 5.41) is 0. The van der Waals surface area contributed by atoms with Crippen LogP contribution in [0.5, 0.6) is 6.01 Å². The van der Waals surface area contributed by atoms with Crippen LogP contribution < -0.4 is 4.74 Å². The maximum atomic E-state index is 12.4. The molecule has 6 heteroatoms. The molecule has 0 spiro atoms. The second-order valence-electron chi connectivity index (χ2n) is 8.80. The zero-order valence-electron chi connectivity index (χ0n) is 21.3. The quantitative estimate of drug-likeness (QED) is 0.249. The first-order valence-electron chi connectivity index (χ1n) is 13.0. The lowest BCUT2D eigenvalue weighted by atomic mass is 10.0. The van der Waals surface area contributed by atoms with E-state index >= 15 is 0 Å². The summed E-state index contributed by atoms with van der Waals surface area (Å²) < 4.78 is 16.1. The van der Waals surface area contributed by atoms with Crippen molar-refractivity contribution in [1.82, 2.24) is 9.97 Å². The van der Waals surface area contributed by atoms with Crippen LogP contribution in [-0.2, 0) is 9.47 Å². The van der Waals surface area contributed by atoms with Gasteiger partial charge in [-0.15, -0.1) is 0 Å². The number of hydrogen-bond acceptors (Lipinski definition) is 6. The van der Waals surface area contributed by atoms with Crippen molar-refractivity contribution in [3.05, 3.63) is 42.1 Å². The van der Waals surface area contributed by atoms with E-state index < -0.39 is 5.97 Å². The molecule has 0 aliphatic carbocycles. The Morgan fingerprint density at radius 2 is 1.79 bits per heavy atom. The molecule has 1 aliphatic rings. The van der Waals surface area contributed by atoms with Gasteiger partial charge in [0.2, 0.25) is 0 Å². The molecule has 0 N–H and O–H groups in total. The highest BCUT2D eigenvalue weighted by Gasteiger charge is 2.18. The van der Waals surface area contributed by atoms with E-state index in [-0.39, 0.29) is 0 Å². The van der Waals surface area contributed by atoms with Gasteiger partial charge in [-0.05, 0) is 38.0 Å². The number of benzene rings is 1. The Balaban J connectivity index is 0.000000589. The number of ether oxygens (including phenoxy) is 3. The number of aromatic nitrogens is 2. The first kappa shape index (κ1) is 27.8. The number of unbranched alkanes of at least 4 members (excludes halogenated alkanes) is 2. The van der Waals surface area contributed by atoms with E-state index in [0.717, 1.165) is 44.0 Å². The van der Waals surface area contributed by atoms with E-state index in [0.29, 0.717) is 30.5 Å². The molecule has 2 heterocycles. The first-order chi connectivity index (χ1) is 16.7. The van der Waals surface area contributed by atoms with Crippen molar-refractivity contribution in [3.8, 4) is 17.3 Å². The summed E-state index contributed by atoms with van der Waals surface area (Å²) in [6.07, 6.45) is 12.0. The molecule has 0 bridgehead atoms. The molecule has 2 aromatic rings. The average Bonchev–Trinajstić information content (AvgIpc) is 2.90. The largest absolute Gasteiger partial charge is 0.463 e. The predicted octanol–water partition coefficient (Wildman–Crippen LogP) is 6.88. The van der Waals surface area contributed by atoms with Crippen molar-refractivity contribution in [3.63, 3.8) is 0 Å². The van der Waals surface area contributed by atoms with Gasteiger partial charge in [0, 0.05) is 25.0 Å². The van der Waals surface area contributed by atoms with Gasteiger partial charge in [0.1, 0.15) is 5.56 Å². The van der Waals surface area contributed by atoms with E-state index in [4.69, 9.17) is 14.2 Å². The van der Waals surface area contributed by atoms with Gasteiger partial charge in [-0.2, -0.15) is 4.98 Å². The molecule has 3 rings (SSSR count).